The lowest BCUT2D eigenvalue weighted by atomic mass is 10.1. The average Bonchev–Trinajstić information content (AvgIpc) is 2.59. The fourth-order valence-electron chi connectivity index (χ4n) is 2.39. The van der Waals surface area contributed by atoms with Crippen molar-refractivity contribution in [3.05, 3.63) is 53.6 Å². The lowest BCUT2D eigenvalue weighted by Crippen LogP contribution is -2.23. The molecule has 0 unspecified atom stereocenters. The predicted molar refractivity (Wildman–Crippen MR) is 93.5 cm³/mol. The molecule has 3 rings (SSSR count). The van der Waals surface area contributed by atoms with E-state index in [0.29, 0.717) is 42.5 Å². The van der Waals surface area contributed by atoms with Gasteiger partial charge in [0.05, 0.1) is 6.26 Å². The second-order valence-corrected chi connectivity index (χ2v) is 7.36. The van der Waals surface area contributed by atoms with Crippen molar-refractivity contribution in [2.45, 2.75) is 6.54 Å². The van der Waals surface area contributed by atoms with Crippen molar-refractivity contribution in [2.75, 3.05) is 24.2 Å². The van der Waals surface area contributed by atoms with Crippen molar-refractivity contribution in [2.24, 2.45) is 0 Å². The highest BCUT2D eigenvalue weighted by molar-refractivity contribution is 7.92. The molecule has 0 saturated carbocycles. The Morgan fingerprint density at radius 1 is 1.04 bits per heavy atom. The van der Waals surface area contributed by atoms with Gasteiger partial charge in [-0.15, -0.1) is 0 Å². The van der Waals surface area contributed by atoms with E-state index in [1.807, 2.05) is 18.2 Å². The minimum Gasteiger partial charge on any atom is -0.486 e. The maximum atomic E-state index is 12.2. The number of hydrogen-bond acceptors (Lipinski definition) is 5. The van der Waals surface area contributed by atoms with Crippen LogP contribution in [0.5, 0.6) is 11.5 Å². The summed E-state index contributed by atoms with van der Waals surface area (Å²) in [7, 11) is -3.34. The Morgan fingerprint density at radius 2 is 1.72 bits per heavy atom. The Kier molecular flexibility index (Phi) is 4.80. The van der Waals surface area contributed by atoms with Gasteiger partial charge in [-0.3, -0.25) is 9.52 Å². The number of fused-ring (bicyclic) bond motifs is 1. The number of carbonyl (C=O) groups is 1. The van der Waals surface area contributed by atoms with Crippen LogP contribution in [-0.2, 0) is 16.6 Å². The lowest BCUT2D eigenvalue weighted by Gasteiger charge is -2.19. The normalized spacial score (nSPS) is 13.2. The van der Waals surface area contributed by atoms with Crippen LogP contribution in [-0.4, -0.2) is 33.8 Å². The molecule has 0 aromatic heterocycles. The first-order chi connectivity index (χ1) is 11.9. The van der Waals surface area contributed by atoms with Crippen LogP contribution in [0.2, 0.25) is 0 Å². The summed E-state index contributed by atoms with van der Waals surface area (Å²) in [5, 5.41) is 2.82. The van der Waals surface area contributed by atoms with E-state index >= 15 is 0 Å². The molecule has 0 radical (unpaired) electrons. The van der Waals surface area contributed by atoms with Gasteiger partial charge in [-0.1, -0.05) is 6.07 Å². The first-order valence-corrected chi connectivity index (χ1v) is 9.54. The number of rotatable bonds is 5. The number of ether oxygens (including phenoxy) is 2. The zero-order valence-electron chi connectivity index (χ0n) is 13.6. The summed E-state index contributed by atoms with van der Waals surface area (Å²) >= 11 is 0. The summed E-state index contributed by atoms with van der Waals surface area (Å²) < 4.78 is 35.7. The minimum atomic E-state index is -3.34. The summed E-state index contributed by atoms with van der Waals surface area (Å²) in [5.41, 5.74) is 1.75. The van der Waals surface area contributed by atoms with Crippen molar-refractivity contribution < 1.29 is 22.7 Å². The van der Waals surface area contributed by atoms with Crippen LogP contribution in [0.3, 0.4) is 0 Å². The second kappa shape index (κ2) is 7.02. The van der Waals surface area contributed by atoms with Gasteiger partial charge in [0.25, 0.3) is 5.91 Å². The number of anilines is 1. The number of sulfonamides is 1. The predicted octanol–water partition coefficient (Wildman–Crippen LogP) is 1.76. The van der Waals surface area contributed by atoms with E-state index in [2.05, 4.69) is 10.0 Å². The van der Waals surface area contributed by atoms with Crippen molar-refractivity contribution in [1.29, 1.82) is 0 Å². The van der Waals surface area contributed by atoms with Gasteiger partial charge >= 0.3 is 0 Å². The third-order valence-electron chi connectivity index (χ3n) is 3.51. The van der Waals surface area contributed by atoms with Crippen molar-refractivity contribution >= 4 is 21.6 Å². The number of nitrogens with one attached hydrogen (secondary N) is 2. The van der Waals surface area contributed by atoms with Gasteiger partial charge in [0.2, 0.25) is 10.0 Å². The standard InChI is InChI=1S/C17H18N2O5S/c1-25(21,22)19-14-5-3-13(4-6-14)17(20)18-11-12-2-7-15-16(10-12)24-9-8-23-15/h2-7,10,19H,8-9,11H2,1H3,(H,18,20). The molecule has 1 heterocycles. The van der Waals surface area contributed by atoms with Gasteiger partial charge in [0, 0.05) is 17.8 Å². The zero-order chi connectivity index (χ0) is 17.9. The highest BCUT2D eigenvalue weighted by Crippen LogP contribution is 2.30. The maximum absolute atomic E-state index is 12.2. The average molecular weight is 362 g/mol. The molecular weight excluding hydrogens is 344 g/mol. The molecule has 0 saturated heterocycles. The topological polar surface area (TPSA) is 93.7 Å². The summed E-state index contributed by atoms with van der Waals surface area (Å²) in [6.07, 6.45) is 1.07. The Labute approximate surface area is 146 Å². The minimum absolute atomic E-state index is 0.249. The number of carbonyl (C=O) groups excluding carboxylic acids is 1. The summed E-state index contributed by atoms with van der Waals surface area (Å²) in [6.45, 7) is 1.39. The highest BCUT2D eigenvalue weighted by atomic mass is 32.2. The molecule has 1 amide bonds. The Balaban J connectivity index is 1.61. The third-order valence-corrected chi connectivity index (χ3v) is 4.12. The van der Waals surface area contributed by atoms with Crippen molar-refractivity contribution in [1.82, 2.24) is 5.32 Å². The van der Waals surface area contributed by atoms with Gasteiger partial charge in [-0.25, -0.2) is 8.42 Å². The molecule has 132 valence electrons. The molecule has 2 N–H and O–H groups in total. The van der Waals surface area contributed by atoms with Gasteiger partial charge in [-0.2, -0.15) is 0 Å². The summed E-state index contributed by atoms with van der Waals surface area (Å²) in [5.74, 6) is 1.13. The molecule has 25 heavy (non-hydrogen) atoms. The second-order valence-electron chi connectivity index (χ2n) is 5.61. The van der Waals surface area contributed by atoms with Crippen LogP contribution in [0, 0.1) is 0 Å². The fourth-order valence-corrected chi connectivity index (χ4v) is 2.95. The molecule has 0 spiro atoms. The molecular formula is C17H18N2O5S. The number of hydrogen-bond donors (Lipinski definition) is 2. The zero-order valence-corrected chi connectivity index (χ0v) is 14.4. The smallest absolute Gasteiger partial charge is 0.251 e. The molecule has 2 aromatic carbocycles. The molecule has 0 fully saturated rings. The molecule has 0 atom stereocenters. The molecule has 8 heteroatoms. The molecule has 7 nitrogen and oxygen atoms in total. The van der Waals surface area contributed by atoms with Gasteiger partial charge < -0.3 is 14.8 Å². The van der Waals surface area contributed by atoms with Crippen LogP contribution in [0.15, 0.2) is 42.5 Å². The van der Waals surface area contributed by atoms with Crippen molar-refractivity contribution in [3.63, 3.8) is 0 Å². The van der Waals surface area contributed by atoms with E-state index in [9.17, 15) is 13.2 Å². The van der Waals surface area contributed by atoms with Crippen LogP contribution in [0.4, 0.5) is 5.69 Å². The monoisotopic (exact) mass is 362 g/mol. The van der Waals surface area contributed by atoms with E-state index in [0.717, 1.165) is 11.8 Å². The van der Waals surface area contributed by atoms with E-state index in [1.54, 1.807) is 24.3 Å². The highest BCUT2D eigenvalue weighted by Gasteiger charge is 2.12. The molecule has 0 aliphatic carbocycles. The largest absolute Gasteiger partial charge is 0.486 e. The maximum Gasteiger partial charge on any atom is 0.251 e. The number of amides is 1. The van der Waals surface area contributed by atoms with E-state index in [-0.39, 0.29) is 5.91 Å². The summed E-state index contributed by atoms with van der Waals surface area (Å²) in [6, 6.07) is 11.7. The Morgan fingerprint density at radius 3 is 2.40 bits per heavy atom. The van der Waals surface area contributed by atoms with Gasteiger partial charge in [0.1, 0.15) is 13.2 Å². The SMILES string of the molecule is CS(=O)(=O)Nc1ccc(C(=O)NCc2ccc3c(c2)OCCO3)cc1. The third kappa shape index (κ3) is 4.63. The fraction of sp³-hybridized carbons (Fsp3) is 0.235. The molecule has 0 bridgehead atoms. The first kappa shape index (κ1) is 17.1. The molecule has 2 aromatic rings. The van der Waals surface area contributed by atoms with E-state index in [4.69, 9.17) is 9.47 Å². The van der Waals surface area contributed by atoms with Gasteiger partial charge in [0.15, 0.2) is 11.5 Å². The van der Waals surface area contributed by atoms with E-state index in [1.165, 1.54) is 0 Å². The molecule has 1 aliphatic heterocycles. The van der Waals surface area contributed by atoms with E-state index < -0.39 is 10.0 Å². The van der Waals surface area contributed by atoms with Gasteiger partial charge in [-0.05, 0) is 42.0 Å². The number of benzene rings is 2. The molecule has 1 aliphatic rings. The van der Waals surface area contributed by atoms with Crippen LogP contribution >= 0.6 is 0 Å². The Bertz CT molecular complexity index is 878. The van der Waals surface area contributed by atoms with Crippen LogP contribution < -0.4 is 19.5 Å². The quantitative estimate of drug-likeness (QED) is 0.845. The van der Waals surface area contributed by atoms with Crippen LogP contribution in [0.1, 0.15) is 15.9 Å². The first-order valence-electron chi connectivity index (χ1n) is 7.65. The lowest BCUT2D eigenvalue weighted by molar-refractivity contribution is 0.0951. The Hall–Kier alpha value is -2.74. The summed E-state index contributed by atoms with van der Waals surface area (Å²) in [4.78, 5) is 12.2. The van der Waals surface area contributed by atoms with Crippen LogP contribution in [0.25, 0.3) is 0 Å². The van der Waals surface area contributed by atoms with Crippen molar-refractivity contribution in [3.8, 4) is 11.5 Å².